The third kappa shape index (κ3) is 3.51. The number of hydrogen-bond donors (Lipinski definition) is 1. The van der Waals surface area contributed by atoms with Gasteiger partial charge in [-0.15, -0.1) is 11.3 Å². The summed E-state index contributed by atoms with van der Waals surface area (Å²) in [5.41, 5.74) is 6.22. The maximum atomic E-state index is 12.4. The summed E-state index contributed by atoms with van der Waals surface area (Å²) in [5.74, 6) is 5.71. The van der Waals surface area contributed by atoms with E-state index in [4.69, 9.17) is 5.73 Å². The molecule has 112 valence electrons. The minimum atomic E-state index is -3.55. The van der Waals surface area contributed by atoms with E-state index < -0.39 is 10.0 Å². The minimum absolute atomic E-state index is 0.170. The van der Waals surface area contributed by atoms with Crippen molar-refractivity contribution in [2.75, 3.05) is 13.6 Å². The van der Waals surface area contributed by atoms with Crippen LogP contribution in [0.2, 0.25) is 0 Å². The Morgan fingerprint density at radius 3 is 2.90 bits per heavy atom. The highest BCUT2D eigenvalue weighted by Crippen LogP contribution is 2.19. The Balaban J connectivity index is 2.16. The highest BCUT2D eigenvalue weighted by Gasteiger charge is 2.24. The molecular weight excluding hydrogens is 308 g/mol. The zero-order chi connectivity index (χ0) is 15.5. The zero-order valence-electron chi connectivity index (χ0n) is 11.8. The molecule has 0 spiro atoms. The lowest BCUT2D eigenvalue weighted by molar-refractivity contribution is 0.458. The standard InChI is InChI=1S/C13H16N4O2S2/c1-16(21(18,19)13-5-7-15-17(13)2)9-11-8-12(20-10-11)4-3-6-14/h5,7-8,10H,6,9,14H2,1-2H3. The number of nitrogens with zero attached hydrogens (tertiary/aromatic N) is 3. The van der Waals surface area contributed by atoms with Crippen molar-refractivity contribution in [3.05, 3.63) is 34.2 Å². The maximum Gasteiger partial charge on any atom is 0.260 e. The monoisotopic (exact) mass is 324 g/mol. The Morgan fingerprint density at radius 2 is 2.29 bits per heavy atom. The van der Waals surface area contributed by atoms with Crippen LogP contribution in [0.1, 0.15) is 10.4 Å². The molecule has 0 amide bonds. The fourth-order valence-electron chi connectivity index (χ4n) is 1.78. The van der Waals surface area contributed by atoms with Crippen LogP contribution in [0.5, 0.6) is 0 Å². The number of rotatable bonds is 4. The minimum Gasteiger partial charge on any atom is -0.320 e. The lowest BCUT2D eigenvalue weighted by Gasteiger charge is -2.16. The highest BCUT2D eigenvalue weighted by molar-refractivity contribution is 7.89. The molecule has 2 N–H and O–H groups in total. The molecule has 2 heterocycles. The fourth-order valence-corrected chi connectivity index (χ4v) is 3.80. The van der Waals surface area contributed by atoms with Gasteiger partial charge in [0.25, 0.3) is 10.0 Å². The van der Waals surface area contributed by atoms with E-state index in [2.05, 4.69) is 16.9 Å². The van der Waals surface area contributed by atoms with Crippen molar-refractivity contribution in [1.29, 1.82) is 0 Å². The van der Waals surface area contributed by atoms with E-state index in [1.165, 1.54) is 32.6 Å². The van der Waals surface area contributed by atoms with Crippen LogP contribution in [0, 0.1) is 11.8 Å². The van der Waals surface area contributed by atoms with Crippen LogP contribution in [0.4, 0.5) is 0 Å². The second kappa shape index (κ2) is 6.41. The van der Waals surface area contributed by atoms with Crippen molar-refractivity contribution in [3.8, 4) is 11.8 Å². The quantitative estimate of drug-likeness (QED) is 0.836. The summed E-state index contributed by atoms with van der Waals surface area (Å²) in [4.78, 5) is 0.877. The van der Waals surface area contributed by atoms with Crippen molar-refractivity contribution in [3.63, 3.8) is 0 Å². The molecule has 0 aliphatic carbocycles. The van der Waals surface area contributed by atoms with Gasteiger partial charge in [0.15, 0.2) is 5.03 Å². The summed E-state index contributed by atoms with van der Waals surface area (Å²) in [6.45, 7) is 0.594. The second-order valence-electron chi connectivity index (χ2n) is 4.38. The third-order valence-corrected chi connectivity index (χ3v) is 5.60. The second-order valence-corrected chi connectivity index (χ2v) is 7.28. The smallest absolute Gasteiger partial charge is 0.260 e. The number of hydrogen-bond acceptors (Lipinski definition) is 5. The van der Waals surface area contributed by atoms with Gasteiger partial charge in [0, 0.05) is 20.6 Å². The largest absolute Gasteiger partial charge is 0.320 e. The van der Waals surface area contributed by atoms with Crippen LogP contribution in [0.3, 0.4) is 0 Å². The van der Waals surface area contributed by atoms with Gasteiger partial charge in [-0.3, -0.25) is 4.68 Å². The molecule has 6 nitrogen and oxygen atoms in total. The predicted octanol–water partition coefficient (Wildman–Crippen LogP) is 0.612. The molecule has 0 aromatic carbocycles. The molecule has 2 aromatic rings. The van der Waals surface area contributed by atoms with Crippen molar-refractivity contribution >= 4 is 21.4 Å². The molecule has 0 bridgehead atoms. The first-order chi connectivity index (χ1) is 9.95. The van der Waals surface area contributed by atoms with Crippen LogP contribution in [0.15, 0.2) is 28.7 Å². The van der Waals surface area contributed by atoms with Gasteiger partial charge < -0.3 is 5.73 Å². The van der Waals surface area contributed by atoms with Gasteiger partial charge >= 0.3 is 0 Å². The van der Waals surface area contributed by atoms with Crippen LogP contribution < -0.4 is 5.73 Å². The fraction of sp³-hybridized carbons (Fsp3) is 0.308. The van der Waals surface area contributed by atoms with Crippen LogP contribution in [0.25, 0.3) is 0 Å². The van der Waals surface area contributed by atoms with Crippen molar-refractivity contribution < 1.29 is 8.42 Å². The SMILES string of the molecule is CN(Cc1csc(C#CCN)c1)S(=O)(=O)c1ccnn1C. The molecule has 0 aliphatic rings. The summed E-state index contributed by atoms with van der Waals surface area (Å²) in [7, 11) is -0.400. The van der Waals surface area contributed by atoms with Gasteiger partial charge in [0.1, 0.15) is 0 Å². The van der Waals surface area contributed by atoms with Crippen molar-refractivity contribution in [2.45, 2.75) is 11.6 Å². The summed E-state index contributed by atoms with van der Waals surface area (Å²) < 4.78 is 27.5. The number of nitrogens with two attached hydrogens (primary N) is 1. The Hall–Kier alpha value is -1.66. The molecule has 21 heavy (non-hydrogen) atoms. The molecule has 0 aliphatic heterocycles. The average Bonchev–Trinajstić information content (AvgIpc) is 3.05. The van der Waals surface area contributed by atoms with Gasteiger partial charge in [0.05, 0.1) is 17.6 Å². The van der Waals surface area contributed by atoms with Gasteiger partial charge in [-0.05, 0) is 23.1 Å². The lowest BCUT2D eigenvalue weighted by atomic mass is 10.3. The first-order valence-electron chi connectivity index (χ1n) is 6.16. The van der Waals surface area contributed by atoms with E-state index in [1.54, 1.807) is 14.1 Å². The van der Waals surface area contributed by atoms with Crippen molar-refractivity contribution in [2.24, 2.45) is 12.8 Å². The van der Waals surface area contributed by atoms with Crippen LogP contribution in [-0.2, 0) is 23.6 Å². The van der Waals surface area contributed by atoms with Gasteiger partial charge in [-0.25, -0.2) is 8.42 Å². The van der Waals surface area contributed by atoms with E-state index in [9.17, 15) is 8.42 Å². The summed E-state index contributed by atoms with van der Waals surface area (Å²) in [6.07, 6.45) is 1.46. The number of aromatic nitrogens is 2. The molecule has 2 rings (SSSR count). The predicted molar refractivity (Wildman–Crippen MR) is 82.1 cm³/mol. The van der Waals surface area contributed by atoms with Gasteiger partial charge in [-0.1, -0.05) is 11.8 Å². The Bertz CT molecular complexity index is 780. The van der Waals surface area contributed by atoms with Gasteiger partial charge in [-0.2, -0.15) is 9.40 Å². The highest BCUT2D eigenvalue weighted by atomic mass is 32.2. The zero-order valence-corrected chi connectivity index (χ0v) is 13.4. The van der Waals surface area contributed by atoms with E-state index >= 15 is 0 Å². The average molecular weight is 324 g/mol. The molecule has 2 aromatic heterocycles. The first-order valence-corrected chi connectivity index (χ1v) is 8.48. The third-order valence-electron chi connectivity index (χ3n) is 2.82. The van der Waals surface area contributed by atoms with Crippen molar-refractivity contribution in [1.82, 2.24) is 14.1 Å². The Kier molecular flexibility index (Phi) is 4.80. The molecule has 0 saturated heterocycles. The maximum absolute atomic E-state index is 12.4. The normalized spacial score (nSPS) is 11.4. The Morgan fingerprint density at radius 1 is 1.52 bits per heavy atom. The number of aryl methyl sites for hydroxylation is 1. The molecule has 0 saturated carbocycles. The molecule has 0 atom stereocenters. The van der Waals surface area contributed by atoms with Crippen LogP contribution in [-0.4, -0.2) is 36.1 Å². The molecule has 0 fully saturated rings. The number of sulfonamides is 1. The van der Waals surface area contributed by atoms with E-state index in [-0.39, 0.29) is 11.6 Å². The van der Waals surface area contributed by atoms with Gasteiger partial charge in [0.2, 0.25) is 0 Å². The molecule has 0 unspecified atom stereocenters. The van der Waals surface area contributed by atoms with Crippen LogP contribution >= 0.6 is 11.3 Å². The summed E-state index contributed by atoms with van der Waals surface area (Å²) in [6, 6.07) is 3.36. The Labute approximate surface area is 128 Å². The molecular formula is C13H16N4O2S2. The lowest BCUT2D eigenvalue weighted by Crippen LogP contribution is -2.28. The molecule has 8 heteroatoms. The topological polar surface area (TPSA) is 81.2 Å². The molecule has 0 radical (unpaired) electrons. The summed E-state index contributed by atoms with van der Waals surface area (Å²) >= 11 is 1.47. The summed E-state index contributed by atoms with van der Waals surface area (Å²) in [5, 5.41) is 5.96. The van der Waals surface area contributed by atoms with E-state index in [0.717, 1.165) is 10.4 Å². The first kappa shape index (κ1) is 15.7. The number of thiophene rings is 1. The van der Waals surface area contributed by atoms with E-state index in [0.29, 0.717) is 6.54 Å². The van der Waals surface area contributed by atoms with E-state index in [1.807, 2.05) is 11.4 Å².